The van der Waals surface area contributed by atoms with Crippen molar-refractivity contribution in [3.8, 4) is 0 Å². The third kappa shape index (κ3) is 2.37. The molecule has 10 heteroatoms. The van der Waals surface area contributed by atoms with Crippen LogP contribution < -0.4 is 20.4 Å². The summed E-state index contributed by atoms with van der Waals surface area (Å²) in [7, 11) is 0. The minimum Gasteiger partial charge on any atom is -0.550 e. The van der Waals surface area contributed by atoms with Gasteiger partial charge in [0.25, 0.3) is 0 Å². The molecular formula is C18H10Cl2O8-4. The molecule has 1 fully saturated rings. The van der Waals surface area contributed by atoms with E-state index >= 15 is 0 Å². The summed E-state index contributed by atoms with van der Waals surface area (Å²) in [4.78, 5) is 45.2. The average molecular weight is 425 g/mol. The van der Waals surface area contributed by atoms with Crippen molar-refractivity contribution in [1.29, 1.82) is 0 Å². The largest absolute Gasteiger partial charge is 0.550 e. The summed E-state index contributed by atoms with van der Waals surface area (Å²) in [6.07, 6.45) is 0.969. The highest BCUT2D eigenvalue weighted by molar-refractivity contribution is 6.42. The number of halogens is 2. The number of allylic oxidation sites excluding steroid dienone is 2. The molecule has 2 bridgehead atoms. The van der Waals surface area contributed by atoms with E-state index < -0.39 is 62.9 Å². The Kier molecular flexibility index (Phi) is 4.68. The number of carbonyl (C=O) groups is 4. The minimum atomic E-state index is -2.63. The molecule has 0 radical (unpaired) electrons. The fraction of sp³-hybridized carbons (Fsp3) is 0.333. The zero-order chi connectivity index (χ0) is 21.0. The van der Waals surface area contributed by atoms with Crippen LogP contribution >= 0.6 is 23.2 Å². The Hall–Kier alpha value is -2.58. The van der Waals surface area contributed by atoms with Crippen LogP contribution in [0.1, 0.15) is 5.56 Å². The summed E-state index contributed by atoms with van der Waals surface area (Å²) in [5, 5.41) is 47.3. The maximum atomic E-state index is 12.0. The van der Waals surface area contributed by atoms with E-state index in [9.17, 15) is 39.6 Å². The number of benzene rings is 1. The molecule has 1 saturated carbocycles. The molecule has 4 atom stereocenters. The van der Waals surface area contributed by atoms with Crippen LogP contribution in [-0.4, -0.2) is 28.8 Å². The molecule has 8 nitrogen and oxygen atoms in total. The Morgan fingerprint density at radius 3 is 1.50 bits per heavy atom. The van der Waals surface area contributed by atoms with Crippen LogP contribution in [0.25, 0.3) is 0 Å². The van der Waals surface area contributed by atoms with Crippen molar-refractivity contribution in [3.05, 3.63) is 47.0 Å². The van der Waals surface area contributed by atoms with Gasteiger partial charge in [0, 0.05) is 58.0 Å². The third-order valence-corrected chi connectivity index (χ3v) is 6.81. The molecule has 28 heavy (non-hydrogen) atoms. The Morgan fingerprint density at radius 2 is 1.14 bits per heavy atom. The maximum Gasteiger partial charge on any atom is 0.0971 e. The molecule has 3 aliphatic rings. The molecule has 0 aromatic heterocycles. The van der Waals surface area contributed by atoms with Crippen LogP contribution in [0.5, 0.6) is 0 Å². The highest BCUT2D eigenvalue weighted by Crippen LogP contribution is 2.66. The van der Waals surface area contributed by atoms with E-state index in [1.807, 2.05) is 0 Å². The third-order valence-electron chi connectivity index (χ3n) is 5.62. The quantitative estimate of drug-likeness (QED) is 0.440. The number of hydrogen-bond donors (Lipinski definition) is 0. The molecule has 0 amide bonds. The lowest BCUT2D eigenvalue weighted by Gasteiger charge is -2.65. The van der Waals surface area contributed by atoms with Gasteiger partial charge in [-0.15, -0.1) is 11.6 Å². The highest BCUT2D eigenvalue weighted by atomic mass is 35.5. The molecule has 0 unspecified atom stereocenters. The Morgan fingerprint density at radius 1 is 0.750 bits per heavy atom. The molecule has 0 aliphatic heterocycles. The lowest BCUT2D eigenvalue weighted by molar-refractivity contribution is -0.348. The predicted octanol–water partition coefficient (Wildman–Crippen LogP) is -3.48. The molecule has 0 spiro atoms. The van der Waals surface area contributed by atoms with E-state index in [-0.39, 0.29) is 5.56 Å². The van der Waals surface area contributed by atoms with Gasteiger partial charge in [-0.05, 0) is 5.56 Å². The van der Waals surface area contributed by atoms with Gasteiger partial charge < -0.3 is 39.6 Å². The minimum absolute atomic E-state index is 0.00698. The summed E-state index contributed by atoms with van der Waals surface area (Å²) in [5.74, 6) is -16.6. The molecule has 0 heterocycles. The zero-order valence-electron chi connectivity index (χ0n) is 13.8. The molecule has 4 rings (SSSR count). The summed E-state index contributed by atoms with van der Waals surface area (Å²) in [6.45, 7) is 0. The van der Waals surface area contributed by atoms with Crippen LogP contribution in [-0.2, 0) is 24.6 Å². The number of carboxylic acid groups (broad SMARTS) is 4. The summed E-state index contributed by atoms with van der Waals surface area (Å²) in [5.41, 5.74) is -2.24. The molecule has 1 aromatic carbocycles. The first-order valence-corrected chi connectivity index (χ1v) is 8.73. The molecule has 1 aromatic rings. The van der Waals surface area contributed by atoms with Crippen LogP contribution in [0.15, 0.2) is 41.4 Å². The second-order valence-electron chi connectivity index (χ2n) is 6.75. The smallest absolute Gasteiger partial charge is 0.0971 e. The lowest BCUT2D eigenvalue weighted by Crippen LogP contribution is -2.76. The van der Waals surface area contributed by atoms with Crippen molar-refractivity contribution >= 4 is 47.1 Å². The van der Waals surface area contributed by atoms with Crippen molar-refractivity contribution in [2.45, 2.75) is 10.3 Å². The van der Waals surface area contributed by atoms with Gasteiger partial charge in [-0.3, -0.25) is 0 Å². The average Bonchev–Trinajstić information content (AvgIpc) is 2.61. The van der Waals surface area contributed by atoms with Crippen molar-refractivity contribution < 1.29 is 39.6 Å². The first kappa shape index (κ1) is 20.2. The monoisotopic (exact) mass is 424 g/mol. The van der Waals surface area contributed by atoms with Crippen molar-refractivity contribution in [3.63, 3.8) is 0 Å². The molecule has 3 aliphatic carbocycles. The zero-order valence-corrected chi connectivity index (χ0v) is 15.3. The standard InChI is InChI=1S/C18H14Cl2O8/c19-8-6-17(7-4-2-1-3-5-7)9(13(21)22)11(15(25)26)18(8,20)12(16(27)28)10(17)14(23)24/h1-6,9-12H,(H,21,22)(H,23,24)(H,25,26)(H,27,28)/p-4/t9-,10-,11+,12+,17?,18?/m1/s1. The number of carbonyl (C=O) groups excluding carboxylic acids is 4. The van der Waals surface area contributed by atoms with Crippen molar-refractivity contribution in [2.75, 3.05) is 0 Å². The van der Waals surface area contributed by atoms with Crippen LogP contribution in [0.4, 0.5) is 0 Å². The van der Waals surface area contributed by atoms with Gasteiger partial charge in [-0.1, -0.05) is 48.0 Å². The molecule has 0 N–H and O–H groups in total. The number of alkyl halides is 1. The fourth-order valence-corrected chi connectivity index (χ4v) is 5.57. The van der Waals surface area contributed by atoms with E-state index in [0.717, 1.165) is 6.08 Å². The Bertz CT molecular complexity index is 869. The summed E-state index contributed by atoms with van der Waals surface area (Å²) >= 11 is 12.4. The second-order valence-corrected chi connectivity index (χ2v) is 7.78. The van der Waals surface area contributed by atoms with Gasteiger partial charge >= 0.3 is 0 Å². The normalized spacial score (nSPS) is 36.4. The first-order chi connectivity index (χ1) is 13.0. The van der Waals surface area contributed by atoms with Gasteiger partial charge in [-0.2, -0.15) is 0 Å². The molecule has 148 valence electrons. The van der Waals surface area contributed by atoms with Gasteiger partial charge in [0.2, 0.25) is 0 Å². The van der Waals surface area contributed by atoms with Crippen LogP contribution in [0, 0.1) is 23.7 Å². The van der Waals surface area contributed by atoms with E-state index in [1.54, 1.807) is 0 Å². The number of hydrogen-bond acceptors (Lipinski definition) is 8. The van der Waals surface area contributed by atoms with Crippen molar-refractivity contribution in [1.82, 2.24) is 0 Å². The first-order valence-electron chi connectivity index (χ1n) is 7.98. The topological polar surface area (TPSA) is 161 Å². The molecule has 0 saturated heterocycles. The molecular weight excluding hydrogens is 415 g/mol. The van der Waals surface area contributed by atoms with E-state index in [4.69, 9.17) is 23.2 Å². The number of aliphatic carboxylic acids is 4. The Labute approximate surface area is 168 Å². The van der Waals surface area contributed by atoms with E-state index in [0.29, 0.717) is 0 Å². The second kappa shape index (κ2) is 6.49. The van der Waals surface area contributed by atoms with Crippen LogP contribution in [0.3, 0.4) is 0 Å². The summed E-state index contributed by atoms with van der Waals surface area (Å²) in [6, 6.07) is 7.04. The van der Waals surface area contributed by atoms with Gasteiger partial charge in [0.1, 0.15) is 0 Å². The van der Waals surface area contributed by atoms with Crippen LogP contribution in [0.2, 0.25) is 0 Å². The fourth-order valence-electron chi connectivity index (χ4n) is 4.67. The number of fused-ring (bicyclic) bond motifs is 2. The SMILES string of the molecule is O=C([O-])[C@@H]1[C@H](C(=O)[O-])C2(c3ccccc3)C=C(Cl)C1(Cl)[C@H](C(=O)[O-])[C@@H]2C(=O)[O-]. The van der Waals surface area contributed by atoms with Crippen molar-refractivity contribution in [2.24, 2.45) is 23.7 Å². The predicted molar refractivity (Wildman–Crippen MR) is 84.6 cm³/mol. The highest BCUT2D eigenvalue weighted by Gasteiger charge is 2.70. The lowest BCUT2D eigenvalue weighted by atomic mass is 9.43. The number of rotatable bonds is 5. The van der Waals surface area contributed by atoms with E-state index in [2.05, 4.69) is 0 Å². The maximum absolute atomic E-state index is 12.0. The van der Waals surface area contributed by atoms with Gasteiger partial charge in [-0.25, -0.2) is 0 Å². The van der Waals surface area contributed by atoms with Gasteiger partial charge in [0.05, 0.1) is 4.87 Å². The Balaban J connectivity index is 2.52. The van der Waals surface area contributed by atoms with Gasteiger partial charge in [0.15, 0.2) is 0 Å². The summed E-state index contributed by atoms with van der Waals surface area (Å²) < 4.78 is 0. The number of carboxylic acids is 4. The van der Waals surface area contributed by atoms with E-state index in [1.165, 1.54) is 30.3 Å².